The maximum Gasteiger partial charge on any atom is 0.317 e. The van der Waals surface area contributed by atoms with Crippen LogP contribution in [-0.2, 0) is 0 Å². The number of rotatable bonds is 5. The van der Waals surface area contributed by atoms with Crippen LogP contribution in [0.15, 0.2) is 30.5 Å². The summed E-state index contributed by atoms with van der Waals surface area (Å²) in [6.07, 6.45) is 6.49. The number of hydrogen-bond donors (Lipinski definition) is 2. The zero-order valence-corrected chi connectivity index (χ0v) is 23.4. The van der Waals surface area contributed by atoms with Crippen LogP contribution in [0.25, 0.3) is 32.9 Å². The summed E-state index contributed by atoms with van der Waals surface area (Å²) in [4.78, 5) is 15.8. The minimum absolute atomic E-state index is 0.00551. The van der Waals surface area contributed by atoms with Gasteiger partial charge in [0.05, 0.1) is 11.2 Å². The molecule has 0 amide bonds. The number of ether oxygens (including phenoxy) is 1. The highest BCUT2D eigenvalue weighted by molar-refractivity contribution is 5.99. The van der Waals surface area contributed by atoms with Crippen LogP contribution < -0.4 is 10.1 Å². The van der Waals surface area contributed by atoms with Gasteiger partial charge >= 0.3 is 6.01 Å². The molecule has 4 aliphatic rings. The molecule has 2 N–H and O–H groups in total. The molecule has 7 nitrogen and oxygen atoms in total. The Kier molecular flexibility index (Phi) is 6.27. The van der Waals surface area contributed by atoms with Crippen LogP contribution in [0.1, 0.15) is 56.6 Å². The van der Waals surface area contributed by atoms with Gasteiger partial charge in [-0.3, -0.25) is 9.88 Å². The molecule has 0 aliphatic carbocycles. The second-order valence-corrected chi connectivity index (χ2v) is 12.7. The van der Waals surface area contributed by atoms with Crippen LogP contribution >= 0.6 is 0 Å². The number of alkyl halides is 1. The van der Waals surface area contributed by atoms with Gasteiger partial charge in [-0.25, -0.2) is 17.6 Å². The summed E-state index contributed by atoms with van der Waals surface area (Å²) in [7, 11) is 0. The third kappa shape index (κ3) is 4.42. The summed E-state index contributed by atoms with van der Waals surface area (Å²) in [6, 6.07) is 5.44. The SMILES string of the molecule is Oc1cc(-c2ncc3c(C4CC5CCC(C4)N5)nc(OC[C@@]45CCCN4C[C@H](F)C5)nc3c2F)c2c(F)c(F)ccc2c1. The number of hydrogen-bond acceptors (Lipinski definition) is 7. The molecule has 2 unspecified atom stereocenters. The number of phenols is 1. The summed E-state index contributed by atoms with van der Waals surface area (Å²) < 4.78 is 66.5. The van der Waals surface area contributed by atoms with Crippen LogP contribution in [0.3, 0.4) is 0 Å². The van der Waals surface area contributed by atoms with Gasteiger partial charge in [0.2, 0.25) is 0 Å². The molecule has 224 valence electrons. The molecule has 0 saturated carbocycles. The van der Waals surface area contributed by atoms with Crippen molar-refractivity contribution in [3.63, 3.8) is 0 Å². The van der Waals surface area contributed by atoms with Gasteiger partial charge in [0, 0.05) is 53.5 Å². The third-order valence-electron chi connectivity index (χ3n) is 10.0. The first-order valence-electron chi connectivity index (χ1n) is 15.0. The van der Waals surface area contributed by atoms with E-state index in [2.05, 4.69) is 20.2 Å². The maximum atomic E-state index is 16.6. The summed E-state index contributed by atoms with van der Waals surface area (Å²) in [6.45, 7) is 1.38. The molecule has 8 rings (SSSR count). The predicted molar refractivity (Wildman–Crippen MR) is 152 cm³/mol. The van der Waals surface area contributed by atoms with Gasteiger partial charge in [0.1, 0.15) is 29.7 Å². The Hall–Kier alpha value is -3.57. The smallest absolute Gasteiger partial charge is 0.317 e. The minimum atomic E-state index is -1.16. The molecular formula is C32H31F4N5O2. The first-order chi connectivity index (χ1) is 20.8. The lowest BCUT2D eigenvalue weighted by atomic mass is 9.88. The number of phenolic OH excluding ortho intramolecular Hbond substituents is 1. The highest BCUT2D eigenvalue weighted by Gasteiger charge is 2.49. The first-order valence-corrected chi connectivity index (χ1v) is 15.0. The molecule has 4 saturated heterocycles. The molecule has 4 atom stereocenters. The van der Waals surface area contributed by atoms with Crippen molar-refractivity contribution in [2.45, 2.75) is 74.7 Å². The second kappa shape index (κ2) is 9.99. The average Bonchev–Trinajstić information content (AvgIpc) is 3.63. The summed E-state index contributed by atoms with van der Waals surface area (Å²) >= 11 is 0. The number of piperidine rings is 1. The topological polar surface area (TPSA) is 83.4 Å². The van der Waals surface area contributed by atoms with E-state index < -0.39 is 29.2 Å². The predicted octanol–water partition coefficient (Wildman–Crippen LogP) is 5.92. The zero-order chi connectivity index (χ0) is 29.5. The van der Waals surface area contributed by atoms with Gasteiger partial charge in [-0.15, -0.1) is 0 Å². The van der Waals surface area contributed by atoms with E-state index in [4.69, 9.17) is 9.72 Å². The van der Waals surface area contributed by atoms with Gasteiger partial charge in [-0.05, 0) is 68.7 Å². The van der Waals surface area contributed by atoms with Crippen LogP contribution in [0, 0.1) is 17.5 Å². The van der Waals surface area contributed by atoms with Crippen molar-refractivity contribution in [1.29, 1.82) is 0 Å². The van der Waals surface area contributed by atoms with Gasteiger partial charge in [-0.2, -0.15) is 9.97 Å². The van der Waals surface area contributed by atoms with E-state index in [1.54, 1.807) is 0 Å². The Balaban J connectivity index is 1.26. The average molecular weight is 594 g/mol. The Morgan fingerprint density at radius 1 is 1.07 bits per heavy atom. The number of halogens is 4. The van der Waals surface area contributed by atoms with Gasteiger partial charge in [-0.1, -0.05) is 6.07 Å². The molecule has 0 radical (unpaired) electrons. The number of nitrogens with one attached hydrogen (secondary N) is 1. The minimum Gasteiger partial charge on any atom is -0.508 e. The van der Waals surface area contributed by atoms with E-state index in [1.165, 1.54) is 24.4 Å². The van der Waals surface area contributed by atoms with E-state index in [0.717, 1.165) is 51.1 Å². The molecular weight excluding hydrogens is 562 g/mol. The maximum absolute atomic E-state index is 16.6. The number of nitrogens with zero attached hydrogens (tertiary/aromatic N) is 4. The van der Waals surface area contributed by atoms with Crippen molar-refractivity contribution in [3.05, 3.63) is 53.6 Å². The summed E-state index contributed by atoms with van der Waals surface area (Å²) in [5.41, 5.74) is -0.190. The molecule has 6 heterocycles. The molecule has 2 aromatic heterocycles. The Morgan fingerprint density at radius 2 is 1.88 bits per heavy atom. The third-order valence-corrected chi connectivity index (χ3v) is 10.0. The van der Waals surface area contributed by atoms with Crippen molar-refractivity contribution < 1.29 is 27.4 Å². The molecule has 4 aromatic rings. The molecule has 4 fully saturated rings. The fraction of sp³-hybridized carbons (Fsp3) is 0.469. The highest BCUT2D eigenvalue weighted by atomic mass is 19.2. The van der Waals surface area contributed by atoms with E-state index in [-0.39, 0.29) is 51.8 Å². The fourth-order valence-electron chi connectivity index (χ4n) is 8.12. The number of pyridine rings is 1. The van der Waals surface area contributed by atoms with Gasteiger partial charge in [0.15, 0.2) is 17.5 Å². The summed E-state index contributed by atoms with van der Waals surface area (Å²) in [5.74, 6) is -3.31. The summed E-state index contributed by atoms with van der Waals surface area (Å²) in [5, 5.41) is 14.4. The van der Waals surface area contributed by atoms with Gasteiger partial charge in [0.25, 0.3) is 0 Å². The molecule has 11 heteroatoms. The number of aromatic nitrogens is 3. The molecule has 43 heavy (non-hydrogen) atoms. The lowest BCUT2D eigenvalue weighted by Crippen LogP contribution is -2.43. The Morgan fingerprint density at radius 3 is 2.70 bits per heavy atom. The van der Waals surface area contributed by atoms with E-state index in [1.807, 2.05) is 0 Å². The monoisotopic (exact) mass is 593 g/mol. The normalized spacial score (nSPS) is 28.7. The molecule has 2 bridgehead atoms. The number of benzene rings is 2. The van der Waals surface area contributed by atoms with Crippen LogP contribution in [0.4, 0.5) is 17.6 Å². The van der Waals surface area contributed by atoms with Gasteiger partial charge < -0.3 is 15.2 Å². The standard InChI is InChI=1S/C32H31F4N5O2/c33-18-12-32(6-1-7-41(32)14-18)15-43-31-39-28(17-8-19-3-4-20(9-17)38-19)23-13-37-29(27(36)30(23)40-31)22-11-21(42)10-16-2-5-24(34)26(35)25(16)22/h2,5,10-11,13,17-20,38,42H,1,3-4,6-9,12,14-15H2/t17?,18-,19?,20?,32+/m1/s1. The van der Waals surface area contributed by atoms with Crippen molar-refractivity contribution in [2.24, 2.45) is 0 Å². The first kappa shape index (κ1) is 27.0. The van der Waals surface area contributed by atoms with Crippen LogP contribution in [-0.4, -0.2) is 68.4 Å². The molecule has 0 spiro atoms. The highest BCUT2D eigenvalue weighted by Crippen LogP contribution is 2.43. The fourth-order valence-corrected chi connectivity index (χ4v) is 8.12. The largest absolute Gasteiger partial charge is 0.508 e. The number of fused-ring (bicyclic) bond motifs is 5. The molecule has 4 aliphatic heterocycles. The number of aromatic hydroxyl groups is 1. The van der Waals surface area contributed by atoms with Crippen molar-refractivity contribution in [3.8, 4) is 23.0 Å². The Labute approximate surface area is 245 Å². The quantitative estimate of drug-likeness (QED) is 0.278. The molecule has 2 aromatic carbocycles. The lowest BCUT2D eigenvalue weighted by molar-refractivity contribution is 0.107. The zero-order valence-electron chi connectivity index (χ0n) is 23.4. The van der Waals surface area contributed by atoms with E-state index >= 15 is 8.78 Å². The van der Waals surface area contributed by atoms with E-state index in [0.29, 0.717) is 36.1 Å². The van der Waals surface area contributed by atoms with Crippen LogP contribution in [0.2, 0.25) is 0 Å². The lowest BCUT2D eigenvalue weighted by Gasteiger charge is -2.31. The Bertz CT molecular complexity index is 1760. The second-order valence-electron chi connectivity index (χ2n) is 12.7. The van der Waals surface area contributed by atoms with Crippen molar-refractivity contribution in [2.75, 3.05) is 19.7 Å². The van der Waals surface area contributed by atoms with Crippen molar-refractivity contribution >= 4 is 21.7 Å². The van der Waals surface area contributed by atoms with Crippen molar-refractivity contribution in [1.82, 2.24) is 25.2 Å². The van der Waals surface area contributed by atoms with Crippen LogP contribution in [0.5, 0.6) is 11.8 Å². The van der Waals surface area contributed by atoms with E-state index in [9.17, 15) is 13.9 Å².